The molecule has 0 fully saturated rings. The maximum Gasteiger partial charge on any atom is 0.412 e. The second kappa shape index (κ2) is 4.48. The molecule has 0 bridgehead atoms. The Kier molecular flexibility index (Phi) is 2.86. The van der Waals surface area contributed by atoms with Crippen LogP contribution in [0.15, 0.2) is 42.6 Å². The first-order valence-corrected chi connectivity index (χ1v) is 4.75. The molecule has 0 unspecified atom stereocenters. The largest absolute Gasteiger partial charge is 0.453 e. The molecule has 0 aliphatic carbocycles. The van der Waals surface area contributed by atoms with Gasteiger partial charge < -0.3 is 4.74 Å². The van der Waals surface area contributed by atoms with E-state index in [1.807, 2.05) is 30.3 Å². The first-order valence-electron chi connectivity index (χ1n) is 4.75. The van der Waals surface area contributed by atoms with Crippen LogP contribution in [0.3, 0.4) is 0 Å². The van der Waals surface area contributed by atoms with Crippen molar-refractivity contribution in [2.75, 3.05) is 12.4 Å². The lowest BCUT2D eigenvalue weighted by molar-refractivity contribution is 0.186. The Morgan fingerprint density at radius 1 is 1.31 bits per heavy atom. The molecule has 1 amide bonds. The molecule has 0 atom stereocenters. The average molecular weight is 217 g/mol. The molecule has 5 nitrogen and oxygen atoms in total. The van der Waals surface area contributed by atoms with E-state index in [1.54, 1.807) is 16.9 Å². The highest BCUT2D eigenvalue weighted by Crippen LogP contribution is 2.14. The zero-order valence-corrected chi connectivity index (χ0v) is 8.75. The number of methoxy groups -OCH3 is 1. The van der Waals surface area contributed by atoms with Crippen molar-refractivity contribution in [1.82, 2.24) is 9.78 Å². The van der Waals surface area contributed by atoms with E-state index in [4.69, 9.17) is 0 Å². The molecule has 1 heterocycles. The third kappa shape index (κ3) is 2.03. The molecule has 5 heteroatoms. The number of benzene rings is 1. The highest BCUT2D eigenvalue weighted by atomic mass is 16.5. The number of para-hydroxylation sites is 1. The van der Waals surface area contributed by atoms with Gasteiger partial charge in [0.05, 0.1) is 19.0 Å². The summed E-state index contributed by atoms with van der Waals surface area (Å²) in [5.74, 6) is 0.568. The Labute approximate surface area is 92.7 Å². The van der Waals surface area contributed by atoms with Gasteiger partial charge in [0.1, 0.15) is 5.82 Å². The van der Waals surface area contributed by atoms with Crippen molar-refractivity contribution < 1.29 is 9.53 Å². The van der Waals surface area contributed by atoms with Gasteiger partial charge in [-0.15, -0.1) is 0 Å². The van der Waals surface area contributed by atoms with Crippen LogP contribution in [0.1, 0.15) is 0 Å². The highest BCUT2D eigenvalue weighted by Gasteiger charge is 2.07. The van der Waals surface area contributed by atoms with Crippen LogP contribution >= 0.6 is 0 Å². The number of aromatic nitrogens is 2. The molecule has 0 spiro atoms. The van der Waals surface area contributed by atoms with Gasteiger partial charge in [-0.1, -0.05) is 18.2 Å². The number of carbonyl (C=O) groups is 1. The molecule has 0 saturated heterocycles. The van der Waals surface area contributed by atoms with Gasteiger partial charge in [-0.05, 0) is 12.1 Å². The number of amides is 1. The topological polar surface area (TPSA) is 56.1 Å². The molecular formula is C11H11N3O2. The lowest BCUT2D eigenvalue weighted by Gasteiger charge is -2.07. The number of anilines is 1. The van der Waals surface area contributed by atoms with Crippen LogP contribution in [0.2, 0.25) is 0 Å². The monoisotopic (exact) mass is 217 g/mol. The van der Waals surface area contributed by atoms with Crippen molar-refractivity contribution in [2.45, 2.75) is 0 Å². The van der Waals surface area contributed by atoms with Crippen molar-refractivity contribution in [3.05, 3.63) is 42.6 Å². The number of hydrogen-bond donors (Lipinski definition) is 1. The number of nitrogens with one attached hydrogen (secondary N) is 1. The van der Waals surface area contributed by atoms with E-state index in [0.717, 1.165) is 5.69 Å². The molecular weight excluding hydrogens is 206 g/mol. The van der Waals surface area contributed by atoms with Crippen LogP contribution in [0.5, 0.6) is 0 Å². The van der Waals surface area contributed by atoms with Crippen molar-refractivity contribution in [2.24, 2.45) is 0 Å². The minimum atomic E-state index is -0.516. The summed E-state index contributed by atoms with van der Waals surface area (Å²) in [4.78, 5) is 11.1. The van der Waals surface area contributed by atoms with Gasteiger partial charge >= 0.3 is 6.09 Å². The van der Waals surface area contributed by atoms with Crippen molar-refractivity contribution in [3.8, 4) is 5.69 Å². The fourth-order valence-electron chi connectivity index (χ4n) is 1.33. The van der Waals surface area contributed by atoms with E-state index in [9.17, 15) is 4.79 Å². The summed E-state index contributed by atoms with van der Waals surface area (Å²) in [5.41, 5.74) is 0.874. The predicted molar refractivity (Wildman–Crippen MR) is 59.6 cm³/mol. The van der Waals surface area contributed by atoms with E-state index in [0.29, 0.717) is 5.82 Å². The standard InChI is InChI=1S/C11H11N3O2/c1-16-11(15)13-10-7-8-12-14(10)9-5-3-2-4-6-9/h2-8H,1H3,(H,13,15). The molecule has 2 rings (SSSR count). The van der Waals surface area contributed by atoms with Crippen LogP contribution in [-0.4, -0.2) is 23.0 Å². The van der Waals surface area contributed by atoms with E-state index >= 15 is 0 Å². The van der Waals surface area contributed by atoms with Crippen LogP contribution in [0.25, 0.3) is 5.69 Å². The van der Waals surface area contributed by atoms with Crippen LogP contribution in [0.4, 0.5) is 10.6 Å². The number of carbonyl (C=O) groups excluding carboxylic acids is 1. The zero-order chi connectivity index (χ0) is 11.4. The summed E-state index contributed by atoms with van der Waals surface area (Å²) in [6, 6.07) is 11.2. The van der Waals surface area contributed by atoms with Crippen LogP contribution < -0.4 is 5.32 Å². The normalized spacial score (nSPS) is 9.81. The maximum absolute atomic E-state index is 11.1. The third-order valence-corrected chi connectivity index (χ3v) is 2.06. The van der Waals surface area contributed by atoms with Gasteiger partial charge in [-0.3, -0.25) is 5.32 Å². The molecule has 16 heavy (non-hydrogen) atoms. The van der Waals surface area contributed by atoms with E-state index in [2.05, 4.69) is 15.2 Å². The second-order valence-corrected chi connectivity index (χ2v) is 3.08. The quantitative estimate of drug-likeness (QED) is 0.837. The predicted octanol–water partition coefficient (Wildman–Crippen LogP) is 2.05. The SMILES string of the molecule is COC(=O)Nc1ccnn1-c1ccccc1. The molecule has 0 radical (unpaired) electrons. The molecule has 0 aliphatic heterocycles. The van der Waals surface area contributed by atoms with Gasteiger partial charge in [-0.2, -0.15) is 5.10 Å². The van der Waals surface area contributed by atoms with Crippen LogP contribution in [0, 0.1) is 0 Å². The Bertz CT molecular complexity index is 479. The number of hydrogen-bond acceptors (Lipinski definition) is 3. The summed E-state index contributed by atoms with van der Waals surface area (Å²) >= 11 is 0. The number of nitrogens with zero attached hydrogens (tertiary/aromatic N) is 2. The third-order valence-electron chi connectivity index (χ3n) is 2.06. The second-order valence-electron chi connectivity index (χ2n) is 3.08. The number of ether oxygens (including phenoxy) is 1. The van der Waals surface area contributed by atoms with Crippen molar-refractivity contribution >= 4 is 11.9 Å². The minimum absolute atomic E-state index is 0.516. The van der Waals surface area contributed by atoms with Crippen molar-refractivity contribution in [1.29, 1.82) is 0 Å². The summed E-state index contributed by atoms with van der Waals surface area (Å²) in [6.45, 7) is 0. The fraction of sp³-hybridized carbons (Fsp3) is 0.0909. The lowest BCUT2D eigenvalue weighted by atomic mass is 10.3. The summed E-state index contributed by atoms with van der Waals surface area (Å²) in [5, 5.41) is 6.70. The first-order chi connectivity index (χ1) is 7.81. The van der Waals surface area contributed by atoms with Gasteiger partial charge in [0.15, 0.2) is 0 Å². The van der Waals surface area contributed by atoms with Gasteiger partial charge in [-0.25, -0.2) is 9.48 Å². The smallest absolute Gasteiger partial charge is 0.412 e. The highest BCUT2D eigenvalue weighted by molar-refractivity contribution is 5.83. The minimum Gasteiger partial charge on any atom is -0.453 e. The van der Waals surface area contributed by atoms with E-state index in [-0.39, 0.29) is 0 Å². The summed E-state index contributed by atoms with van der Waals surface area (Å²) < 4.78 is 6.15. The Hall–Kier alpha value is -2.30. The van der Waals surface area contributed by atoms with Gasteiger partial charge in [0.25, 0.3) is 0 Å². The molecule has 82 valence electrons. The van der Waals surface area contributed by atoms with E-state index in [1.165, 1.54) is 7.11 Å². The van der Waals surface area contributed by atoms with Crippen molar-refractivity contribution in [3.63, 3.8) is 0 Å². The van der Waals surface area contributed by atoms with Gasteiger partial charge in [0.2, 0.25) is 0 Å². The average Bonchev–Trinajstić information content (AvgIpc) is 2.78. The van der Waals surface area contributed by atoms with E-state index < -0.39 is 6.09 Å². The Morgan fingerprint density at radius 3 is 2.75 bits per heavy atom. The molecule has 1 aromatic heterocycles. The molecule has 1 N–H and O–H groups in total. The molecule has 2 aromatic rings. The zero-order valence-electron chi connectivity index (χ0n) is 8.75. The first kappa shape index (κ1) is 10.2. The van der Waals surface area contributed by atoms with Gasteiger partial charge in [0, 0.05) is 6.07 Å². The molecule has 0 aliphatic rings. The summed E-state index contributed by atoms with van der Waals surface area (Å²) in [6.07, 6.45) is 1.09. The Balaban J connectivity index is 2.29. The Morgan fingerprint density at radius 2 is 2.06 bits per heavy atom. The van der Waals surface area contributed by atoms with Crippen LogP contribution in [-0.2, 0) is 4.74 Å². The fourth-order valence-corrected chi connectivity index (χ4v) is 1.33. The molecule has 1 aromatic carbocycles. The molecule has 0 saturated carbocycles. The summed E-state index contributed by atoms with van der Waals surface area (Å²) in [7, 11) is 1.32. The maximum atomic E-state index is 11.1. The number of rotatable bonds is 2. The lowest BCUT2D eigenvalue weighted by Crippen LogP contribution is -2.14.